The SMILES string of the molecule is CCCCCCCCCCC[CH2][Sn]([O]C(=O)/C=C\C(=O)OCC)([O]C(=O)/C=C\C(=O)OCC)[O]C(=O)/C=C\C(=O)OCC. The summed E-state index contributed by atoms with van der Waals surface area (Å²) in [6.07, 6.45) is 14.7. The van der Waals surface area contributed by atoms with Crippen molar-refractivity contribution in [3.8, 4) is 0 Å². The monoisotopic (exact) mass is 718 g/mol. The first-order chi connectivity index (χ1) is 20.6. The van der Waals surface area contributed by atoms with Gasteiger partial charge in [0.1, 0.15) is 0 Å². The van der Waals surface area contributed by atoms with Crippen molar-refractivity contribution in [2.45, 2.75) is 96.3 Å². The zero-order valence-corrected chi connectivity index (χ0v) is 28.6. The van der Waals surface area contributed by atoms with Gasteiger partial charge in [0.2, 0.25) is 0 Å². The second-order valence-electron chi connectivity index (χ2n) is 9.13. The van der Waals surface area contributed by atoms with Gasteiger partial charge in [-0.3, -0.25) is 0 Å². The van der Waals surface area contributed by atoms with Crippen LogP contribution in [0.2, 0.25) is 4.44 Å². The van der Waals surface area contributed by atoms with Crippen molar-refractivity contribution >= 4 is 55.4 Å². The van der Waals surface area contributed by atoms with Crippen molar-refractivity contribution in [3.63, 3.8) is 0 Å². The van der Waals surface area contributed by atoms with Gasteiger partial charge in [-0.25, -0.2) is 0 Å². The Balaban J connectivity index is 5.85. The van der Waals surface area contributed by atoms with Crippen molar-refractivity contribution in [2.75, 3.05) is 19.8 Å². The quantitative estimate of drug-likeness (QED) is 0.0467. The fourth-order valence-electron chi connectivity index (χ4n) is 3.59. The van der Waals surface area contributed by atoms with E-state index in [1.807, 2.05) is 0 Å². The summed E-state index contributed by atoms with van der Waals surface area (Å²) in [4.78, 5) is 73.1. The summed E-state index contributed by atoms with van der Waals surface area (Å²) in [5.41, 5.74) is 0. The molecule has 0 bridgehead atoms. The predicted molar refractivity (Wildman–Crippen MR) is 158 cm³/mol. The van der Waals surface area contributed by atoms with Gasteiger partial charge in [-0.15, -0.1) is 0 Å². The molecule has 0 aromatic heterocycles. The number of esters is 3. The van der Waals surface area contributed by atoms with Crippen molar-refractivity contribution in [1.82, 2.24) is 0 Å². The molecule has 0 heterocycles. The van der Waals surface area contributed by atoms with E-state index in [9.17, 15) is 28.8 Å². The minimum absolute atomic E-state index is 0.0673. The second-order valence-corrected chi connectivity index (χ2v) is 16.2. The summed E-state index contributed by atoms with van der Waals surface area (Å²) in [5, 5.41) is 0. The Bertz CT molecular complexity index is 868. The van der Waals surface area contributed by atoms with E-state index in [0.717, 1.165) is 62.1 Å². The van der Waals surface area contributed by atoms with Crippen LogP contribution in [0.4, 0.5) is 0 Å². The van der Waals surface area contributed by atoms with Gasteiger partial charge in [-0.05, 0) is 0 Å². The molecule has 0 spiro atoms. The van der Waals surface area contributed by atoms with Gasteiger partial charge in [0.05, 0.1) is 0 Å². The van der Waals surface area contributed by atoms with Crippen LogP contribution in [0.1, 0.15) is 91.9 Å². The normalized spacial score (nSPS) is 11.4. The summed E-state index contributed by atoms with van der Waals surface area (Å²) in [6, 6.07) is 0. The van der Waals surface area contributed by atoms with Crippen LogP contribution in [0.25, 0.3) is 0 Å². The van der Waals surface area contributed by atoms with E-state index >= 15 is 0 Å². The fourth-order valence-corrected chi connectivity index (χ4v) is 9.97. The molecule has 0 aliphatic carbocycles. The fraction of sp³-hybridized carbons (Fsp3) is 0.600. The Morgan fingerprint density at radius 1 is 0.419 bits per heavy atom. The van der Waals surface area contributed by atoms with Crippen molar-refractivity contribution < 1.29 is 52.2 Å². The Morgan fingerprint density at radius 3 is 1.00 bits per heavy atom. The molecule has 0 rings (SSSR count). The Morgan fingerprint density at radius 2 is 0.698 bits per heavy atom. The molecule has 0 aliphatic heterocycles. The van der Waals surface area contributed by atoms with Crippen LogP contribution in [0, 0.1) is 0 Å². The third-order valence-corrected chi connectivity index (χ3v) is 12.7. The van der Waals surface area contributed by atoms with Gasteiger partial charge in [0.15, 0.2) is 0 Å². The van der Waals surface area contributed by atoms with Gasteiger partial charge < -0.3 is 0 Å². The first-order valence-electron chi connectivity index (χ1n) is 14.8. The topological polar surface area (TPSA) is 158 Å². The number of unbranched alkanes of at least 4 members (excludes halogenated alkanes) is 9. The summed E-state index contributed by atoms with van der Waals surface area (Å²) < 4.78 is 30.6. The molecule has 0 fully saturated rings. The molecule has 0 amide bonds. The van der Waals surface area contributed by atoms with Gasteiger partial charge >= 0.3 is 260 Å². The number of carbonyl (C=O) groups excluding carboxylic acids is 6. The molecule has 0 radical (unpaired) electrons. The number of hydrogen-bond donors (Lipinski definition) is 0. The van der Waals surface area contributed by atoms with Crippen molar-refractivity contribution in [2.24, 2.45) is 0 Å². The van der Waals surface area contributed by atoms with Gasteiger partial charge in [0, 0.05) is 0 Å². The zero-order valence-electron chi connectivity index (χ0n) is 25.8. The maximum absolute atomic E-state index is 12.7. The van der Waals surface area contributed by atoms with E-state index in [1.54, 1.807) is 20.8 Å². The van der Waals surface area contributed by atoms with Gasteiger partial charge in [0.25, 0.3) is 0 Å². The molecule has 0 atom stereocenters. The molecule has 0 aromatic carbocycles. The summed E-state index contributed by atoms with van der Waals surface area (Å²) in [7, 11) is 0. The standard InChI is InChI=1S/C12H25.3C6H8O4.Sn/c1-3-5-7-9-11-12-10-8-6-4-2;3*1-2-10-6(9)4-3-5(7)8;/h1,3-12H2,2H3;3*3-4H,2H2,1H3,(H,7,8);/q;;;;+3/p-3/b;3*4-3-;. The van der Waals surface area contributed by atoms with Crippen molar-refractivity contribution in [1.29, 1.82) is 0 Å². The Kier molecular flexibility index (Phi) is 23.5. The Hall–Kier alpha value is -3.16. The third kappa shape index (κ3) is 22.1. The second kappa shape index (κ2) is 25.3. The Labute approximate surface area is 259 Å². The number of ether oxygens (including phenoxy) is 3. The molecule has 0 aliphatic rings. The number of hydrogen-bond acceptors (Lipinski definition) is 12. The predicted octanol–water partition coefficient (Wildman–Crippen LogP) is 4.83. The van der Waals surface area contributed by atoms with E-state index in [0.29, 0.717) is 12.8 Å². The van der Waals surface area contributed by atoms with Crippen LogP contribution in [0.15, 0.2) is 36.5 Å². The average Bonchev–Trinajstić information content (AvgIpc) is 2.95. The van der Waals surface area contributed by atoms with Crippen LogP contribution >= 0.6 is 0 Å². The molecule has 12 nitrogen and oxygen atoms in total. The average molecular weight is 717 g/mol. The zero-order chi connectivity index (χ0) is 32.3. The first kappa shape index (κ1) is 39.8. The van der Waals surface area contributed by atoms with E-state index in [1.165, 1.54) is 25.7 Å². The first-order valence-corrected chi connectivity index (χ1v) is 20.4. The van der Waals surface area contributed by atoms with Gasteiger partial charge in [-0.2, -0.15) is 0 Å². The molecule has 0 unspecified atom stereocenters. The molecule has 13 heteroatoms. The summed E-state index contributed by atoms with van der Waals surface area (Å²) >= 11 is -5.48. The van der Waals surface area contributed by atoms with Crippen molar-refractivity contribution in [3.05, 3.63) is 36.5 Å². The minimum atomic E-state index is -5.48. The van der Waals surface area contributed by atoms with E-state index < -0.39 is 55.4 Å². The molecular formula is C30H46O12Sn. The van der Waals surface area contributed by atoms with Gasteiger partial charge in [-0.1, -0.05) is 0 Å². The van der Waals surface area contributed by atoms with E-state index in [2.05, 4.69) is 6.92 Å². The molecule has 242 valence electrons. The molecule has 0 aromatic rings. The van der Waals surface area contributed by atoms with E-state index in [4.69, 9.17) is 23.4 Å². The van der Waals surface area contributed by atoms with Crippen LogP contribution in [-0.4, -0.2) is 75.3 Å². The molecule has 0 saturated carbocycles. The number of carbonyl (C=O) groups is 6. The summed E-state index contributed by atoms with van der Waals surface area (Å²) in [5.74, 6) is -5.71. The van der Waals surface area contributed by atoms with Crippen LogP contribution in [0.3, 0.4) is 0 Å². The summed E-state index contributed by atoms with van der Waals surface area (Å²) in [6.45, 7) is 7.17. The van der Waals surface area contributed by atoms with Crippen LogP contribution < -0.4 is 0 Å². The molecular weight excluding hydrogens is 671 g/mol. The van der Waals surface area contributed by atoms with Crippen LogP contribution in [-0.2, 0) is 52.2 Å². The van der Waals surface area contributed by atoms with E-state index in [-0.39, 0.29) is 24.3 Å². The molecule has 0 saturated heterocycles. The number of rotatable bonds is 23. The molecule has 0 N–H and O–H groups in total. The third-order valence-electron chi connectivity index (χ3n) is 5.53. The van der Waals surface area contributed by atoms with Crippen LogP contribution in [0.5, 0.6) is 0 Å². The molecule has 43 heavy (non-hydrogen) atoms. The maximum atomic E-state index is 12.7.